The second-order valence-electron chi connectivity index (χ2n) is 3.65. The number of imidazole rings is 1. The fraction of sp³-hybridized carbons (Fsp3) is 0. The lowest BCUT2D eigenvalue weighted by Gasteiger charge is -2.01. The van der Waals surface area contributed by atoms with Gasteiger partial charge < -0.3 is 10.1 Å². The van der Waals surface area contributed by atoms with E-state index >= 15 is 0 Å². The van der Waals surface area contributed by atoms with Crippen LogP contribution in [0.5, 0.6) is 5.75 Å². The molecule has 3 aromatic rings. The van der Waals surface area contributed by atoms with Crippen LogP contribution < -0.4 is 5.69 Å². The van der Waals surface area contributed by atoms with Crippen molar-refractivity contribution < 1.29 is 5.11 Å². The molecule has 0 aliphatic heterocycles. The monoisotopic (exact) mass is 227 g/mol. The molecule has 2 heterocycles. The number of H-pyrrole nitrogens is 1. The predicted molar refractivity (Wildman–Crippen MR) is 63.4 cm³/mol. The van der Waals surface area contributed by atoms with Gasteiger partial charge in [0, 0.05) is 6.20 Å². The summed E-state index contributed by atoms with van der Waals surface area (Å²) < 4.78 is 1.47. The number of aromatic hydroxyl groups is 1. The van der Waals surface area contributed by atoms with Crippen LogP contribution in [0, 0.1) is 0 Å². The van der Waals surface area contributed by atoms with E-state index in [2.05, 4.69) is 9.97 Å². The minimum Gasteiger partial charge on any atom is -0.506 e. The molecule has 2 aromatic heterocycles. The van der Waals surface area contributed by atoms with E-state index in [1.54, 1.807) is 36.7 Å². The first-order valence-electron chi connectivity index (χ1n) is 5.10. The van der Waals surface area contributed by atoms with Gasteiger partial charge in [-0.15, -0.1) is 0 Å². The molecule has 0 amide bonds. The number of hydrogen-bond acceptors (Lipinski definition) is 3. The first-order valence-corrected chi connectivity index (χ1v) is 5.10. The second-order valence-corrected chi connectivity index (χ2v) is 3.65. The van der Waals surface area contributed by atoms with Crippen LogP contribution in [0.15, 0.2) is 47.5 Å². The Labute approximate surface area is 96.0 Å². The van der Waals surface area contributed by atoms with Crippen molar-refractivity contribution in [3.05, 3.63) is 53.2 Å². The molecule has 5 nitrogen and oxygen atoms in total. The van der Waals surface area contributed by atoms with Crippen LogP contribution in [-0.4, -0.2) is 19.6 Å². The Kier molecular flexibility index (Phi) is 1.98. The van der Waals surface area contributed by atoms with Crippen LogP contribution in [0.1, 0.15) is 0 Å². The Morgan fingerprint density at radius 2 is 2.12 bits per heavy atom. The van der Waals surface area contributed by atoms with E-state index in [1.807, 2.05) is 0 Å². The lowest BCUT2D eigenvalue weighted by atomic mass is 10.3. The lowest BCUT2D eigenvalue weighted by molar-refractivity contribution is 0.480. The molecule has 17 heavy (non-hydrogen) atoms. The number of fused-ring (bicyclic) bond motifs is 1. The number of nitrogens with zero attached hydrogens (tertiary/aromatic N) is 2. The summed E-state index contributed by atoms with van der Waals surface area (Å²) in [5.74, 6) is 0.0576. The molecule has 0 aliphatic carbocycles. The van der Waals surface area contributed by atoms with Gasteiger partial charge in [0.1, 0.15) is 11.3 Å². The van der Waals surface area contributed by atoms with Crippen LogP contribution in [0.25, 0.3) is 16.7 Å². The Morgan fingerprint density at radius 3 is 2.88 bits per heavy atom. The highest BCUT2D eigenvalue weighted by Gasteiger charge is 2.10. The molecular formula is C12H9N3O2. The number of phenols is 1. The summed E-state index contributed by atoms with van der Waals surface area (Å²) in [5.41, 5.74) is 1.42. The Hall–Kier alpha value is -2.56. The highest BCUT2D eigenvalue weighted by atomic mass is 16.3. The molecule has 0 atom stereocenters. The fourth-order valence-electron chi connectivity index (χ4n) is 1.86. The summed E-state index contributed by atoms with van der Waals surface area (Å²) in [6.45, 7) is 0. The molecule has 2 N–H and O–H groups in total. The standard InChI is InChI=1S/C12H9N3O2/c16-10-5-1-4-9-11(10)14-12(17)15(9)8-3-2-6-13-7-8/h1-7,16H,(H,14,17). The SMILES string of the molecule is O=c1[nH]c2c(O)cccc2n1-c1cccnc1. The largest absolute Gasteiger partial charge is 0.506 e. The van der Waals surface area contributed by atoms with Crippen LogP contribution in [0.3, 0.4) is 0 Å². The molecule has 84 valence electrons. The molecule has 0 spiro atoms. The molecular weight excluding hydrogens is 218 g/mol. The fourth-order valence-corrected chi connectivity index (χ4v) is 1.86. The van der Waals surface area contributed by atoms with Gasteiger partial charge in [-0.2, -0.15) is 0 Å². The zero-order valence-corrected chi connectivity index (χ0v) is 8.79. The highest BCUT2D eigenvalue weighted by molar-refractivity contribution is 5.82. The number of aromatic nitrogens is 3. The third-order valence-corrected chi connectivity index (χ3v) is 2.60. The maximum atomic E-state index is 11.9. The number of rotatable bonds is 1. The minimum atomic E-state index is -0.297. The molecule has 0 unspecified atom stereocenters. The van der Waals surface area contributed by atoms with Gasteiger partial charge in [-0.3, -0.25) is 9.55 Å². The maximum Gasteiger partial charge on any atom is 0.331 e. The first kappa shape index (κ1) is 9.65. The zero-order chi connectivity index (χ0) is 11.8. The van der Waals surface area contributed by atoms with Crippen LogP contribution in [0.4, 0.5) is 0 Å². The van der Waals surface area contributed by atoms with E-state index in [9.17, 15) is 9.90 Å². The number of benzene rings is 1. The van der Waals surface area contributed by atoms with Crippen molar-refractivity contribution in [3.63, 3.8) is 0 Å². The van der Waals surface area contributed by atoms with Gasteiger partial charge in [0.15, 0.2) is 0 Å². The number of phenolic OH excluding ortho intramolecular Hbond substituents is 1. The number of nitrogens with one attached hydrogen (secondary N) is 1. The molecule has 5 heteroatoms. The Morgan fingerprint density at radius 1 is 1.24 bits per heavy atom. The van der Waals surface area contributed by atoms with E-state index < -0.39 is 0 Å². The number of para-hydroxylation sites is 1. The zero-order valence-electron chi connectivity index (χ0n) is 8.79. The van der Waals surface area contributed by atoms with E-state index in [-0.39, 0.29) is 11.4 Å². The lowest BCUT2D eigenvalue weighted by Crippen LogP contribution is -2.14. The van der Waals surface area contributed by atoms with E-state index in [4.69, 9.17) is 0 Å². The van der Waals surface area contributed by atoms with Crippen molar-refractivity contribution in [1.82, 2.24) is 14.5 Å². The average Bonchev–Trinajstić information content (AvgIpc) is 2.68. The van der Waals surface area contributed by atoms with E-state index in [0.29, 0.717) is 16.7 Å². The highest BCUT2D eigenvalue weighted by Crippen LogP contribution is 2.22. The summed E-state index contributed by atoms with van der Waals surface area (Å²) in [6, 6.07) is 8.53. The van der Waals surface area contributed by atoms with Gasteiger partial charge >= 0.3 is 5.69 Å². The summed E-state index contributed by atoms with van der Waals surface area (Å²) >= 11 is 0. The normalized spacial score (nSPS) is 10.8. The number of aromatic amines is 1. The smallest absolute Gasteiger partial charge is 0.331 e. The molecule has 0 radical (unpaired) electrons. The van der Waals surface area contributed by atoms with Gasteiger partial charge in [0.25, 0.3) is 0 Å². The summed E-state index contributed by atoms with van der Waals surface area (Å²) in [4.78, 5) is 18.5. The average molecular weight is 227 g/mol. The molecule has 0 saturated carbocycles. The number of hydrogen-bond donors (Lipinski definition) is 2. The third kappa shape index (κ3) is 1.40. The van der Waals surface area contributed by atoms with E-state index in [1.165, 1.54) is 10.6 Å². The van der Waals surface area contributed by atoms with Crippen molar-refractivity contribution in [2.24, 2.45) is 0 Å². The maximum absolute atomic E-state index is 11.9. The van der Waals surface area contributed by atoms with Gasteiger partial charge in [0.05, 0.1) is 17.4 Å². The summed E-state index contributed by atoms with van der Waals surface area (Å²) in [6.07, 6.45) is 3.24. The summed E-state index contributed by atoms with van der Waals surface area (Å²) in [5, 5.41) is 9.66. The van der Waals surface area contributed by atoms with Gasteiger partial charge in [-0.25, -0.2) is 4.79 Å². The van der Waals surface area contributed by atoms with Crippen LogP contribution in [0.2, 0.25) is 0 Å². The topological polar surface area (TPSA) is 70.9 Å². The van der Waals surface area contributed by atoms with Crippen molar-refractivity contribution in [3.8, 4) is 11.4 Å². The number of pyridine rings is 1. The molecule has 3 rings (SSSR count). The van der Waals surface area contributed by atoms with Crippen molar-refractivity contribution in [2.75, 3.05) is 0 Å². The Balaban J connectivity index is 2.42. The van der Waals surface area contributed by atoms with Crippen molar-refractivity contribution in [1.29, 1.82) is 0 Å². The predicted octanol–water partition coefficient (Wildman–Crippen LogP) is 1.42. The molecule has 0 bridgehead atoms. The quantitative estimate of drug-likeness (QED) is 0.660. The van der Waals surface area contributed by atoms with Crippen molar-refractivity contribution in [2.45, 2.75) is 0 Å². The molecule has 0 saturated heterocycles. The van der Waals surface area contributed by atoms with Gasteiger partial charge in [0.2, 0.25) is 0 Å². The third-order valence-electron chi connectivity index (χ3n) is 2.60. The minimum absolute atomic E-state index is 0.0576. The second kappa shape index (κ2) is 3.48. The molecule has 0 fully saturated rings. The van der Waals surface area contributed by atoms with Crippen molar-refractivity contribution >= 4 is 11.0 Å². The Bertz CT molecular complexity index is 728. The molecule has 0 aliphatic rings. The van der Waals surface area contributed by atoms with Gasteiger partial charge in [-0.1, -0.05) is 6.07 Å². The summed E-state index contributed by atoms with van der Waals surface area (Å²) in [7, 11) is 0. The van der Waals surface area contributed by atoms with Crippen LogP contribution >= 0.6 is 0 Å². The molecule has 1 aromatic carbocycles. The first-order chi connectivity index (χ1) is 8.27. The van der Waals surface area contributed by atoms with Gasteiger partial charge in [-0.05, 0) is 24.3 Å². The van der Waals surface area contributed by atoms with Crippen LogP contribution in [-0.2, 0) is 0 Å². The van der Waals surface area contributed by atoms with E-state index in [0.717, 1.165) is 0 Å².